The van der Waals surface area contributed by atoms with Crippen LogP contribution < -0.4 is 5.32 Å². The molecule has 1 amide bonds. The Hall–Kier alpha value is -1.27. The number of hydrogen-bond donors (Lipinski definition) is 9. The van der Waals surface area contributed by atoms with Crippen molar-refractivity contribution in [1.29, 1.82) is 0 Å². The highest BCUT2D eigenvalue weighted by atomic mass is 16.7. The van der Waals surface area contributed by atoms with E-state index in [1.807, 2.05) is 6.08 Å². The molecule has 14 heteroatoms. The summed E-state index contributed by atoms with van der Waals surface area (Å²) < 4.78 is 22.7. The Morgan fingerprint density at radius 2 is 1.02 bits per heavy atom. The molecule has 360 valence electrons. The first-order valence-electron chi connectivity index (χ1n) is 24.4. The predicted molar refractivity (Wildman–Crippen MR) is 235 cm³/mol. The van der Waals surface area contributed by atoms with Gasteiger partial charge in [0.25, 0.3) is 0 Å². The molecule has 0 aromatic carbocycles. The van der Waals surface area contributed by atoms with Crippen molar-refractivity contribution in [1.82, 2.24) is 5.32 Å². The van der Waals surface area contributed by atoms with Crippen LogP contribution in [0.5, 0.6) is 0 Å². The highest BCUT2D eigenvalue weighted by molar-refractivity contribution is 5.76. The van der Waals surface area contributed by atoms with Crippen molar-refractivity contribution in [2.45, 2.75) is 261 Å². The number of unbranched alkanes of at least 4 members (excludes halogenated alkanes) is 24. The van der Waals surface area contributed by atoms with Gasteiger partial charge in [0.05, 0.1) is 32.0 Å². The molecule has 2 aliphatic heterocycles. The van der Waals surface area contributed by atoms with Gasteiger partial charge in [0.2, 0.25) is 5.91 Å². The van der Waals surface area contributed by atoms with E-state index in [0.717, 1.165) is 38.5 Å². The summed E-state index contributed by atoms with van der Waals surface area (Å²) in [5.74, 6) is -0.239. The van der Waals surface area contributed by atoms with Gasteiger partial charge in [-0.2, -0.15) is 0 Å². The number of carbonyl (C=O) groups is 1. The Labute approximate surface area is 367 Å². The van der Waals surface area contributed by atoms with E-state index < -0.39 is 86.8 Å². The SMILES string of the molecule is CCCCCCCCCCCCCC=C[C@@H](O)[C@H](CO[C@@H]1O[C@H](CO)[C@@H](O[C@@H]2O[C@H](CO)[C@H](O)[C@H](O)[C@H]2O)[C@H](O)[C@H]1O)NC(=O)CCCCCCCCCCCCCCCC. The van der Waals surface area contributed by atoms with Crippen LogP contribution in [0.25, 0.3) is 0 Å². The summed E-state index contributed by atoms with van der Waals surface area (Å²) in [7, 11) is 0. The fourth-order valence-electron chi connectivity index (χ4n) is 8.17. The second-order valence-electron chi connectivity index (χ2n) is 17.6. The van der Waals surface area contributed by atoms with Crippen molar-refractivity contribution in [3.05, 3.63) is 12.2 Å². The summed E-state index contributed by atoms with van der Waals surface area (Å²) in [6.45, 7) is 2.77. The molecule has 12 atom stereocenters. The van der Waals surface area contributed by atoms with E-state index in [9.17, 15) is 45.6 Å². The van der Waals surface area contributed by atoms with Gasteiger partial charge >= 0.3 is 0 Å². The standard InChI is InChI=1S/C47H89NO13/c1-3-5-7-9-11-13-15-17-19-21-23-25-27-29-31-39(52)48-35(36(51)30-28-26-24-22-20-18-16-14-12-10-8-6-4-2)34-58-46-44(57)42(55)45(38(33-50)60-46)61-47-43(56)41(54)40(53)37(32-49)59-47/h28,30,35-38,40-47,49-51,53-57H,3-27,29,31-34H2,1-2H3,(H,48,52)/t35-,36+,37+,38+,40-,41-,42+,43+,44+,45+,46+,47-/m0/s1. The molecule has 14 nitrogen and oxygen atoms in total. The second-order valence-corrected chi connectivity index (χ2v) is 17.6. The first-order chi connectivity index (χ1) is 29.6. The fourth-order valence-corrected chi connectivity index (χ4v) is 8.17. The van der Waals surface area contributed by atoms with Gasteiger partial charge in [-0.15, -0.1) is 0 Å². The van der Waals surface area contributed by atoms with Crippen LogP contribution >= 0.6 is 0 Å². The average Bonchev–Trinajstić information content (AvgIpc) is 3.26. The van der Waals surface area contributed by atoms with Crippen LogP contribution in [0.2, 0.25) is 0 Å². The Morgan fingerprint density at radius 3 is 1.51 bits per heavy atom. The lowest BCUT2D eigenvalue weighted by atomic mass is 9.97. The molecule has 0 aromatic heterocycles. The zero-order valence-corrected chi connectivity index (χ0v) is 37.9. The predicted octanol–water partition coefficient (Wildman–Crippen LogP) is 5.60. The van der Waals surface area contributed by atoms with E-state index in [1.54, 1.807) is 6.08 Å². The van der Waals surface area contributed by atoms with Crippen LogP contribution in [-0.4, -0.2) is 140 Å². The summed E-state index contributed by atoms with van der Waals surface area (Å²) >= 11 is 0. The molecule has 2 rings (SSSR count). The van der Waals surface area contributed by atoms with Crippen LogP contribution in [0.3, 0.4) is 0 Å². The molecule has 61 heavy (non-hydrogen) atoms. The zero-order chi connectivity index (χ0) is 44.7. The Morgan fingerprint density at radius 1 is 0.574 bits per heavy atom. The van der Waals surface area contributed by atoms with Gasteiger partial charge in [-0.25, -0.2) is 0 Å². The highest BCUT2D eigenvalue weighted by Gasteiger charge is 2.51. The van der Waals surface area contributed by atoms with Gasteiger partial charge in [-0.3, -0.25) is 4.79 Å². The van der Waals surface area contributed by atoms with Crippen LogP contribution in [0.4, 0.5) is 0 Å². The molecule has 2 fully saturated rings. The number of hydrogen-bond acceptors (Lipinski definition) is 13. The maximum Gasteiger partial charge on any atom is 0.220 e. The number of nitrogens with one attached hydrogen (secondary N) is 1. The average molecular weight is 876 g/mol. The Kier molecular flexibility index (Phi) is 32.1. The molecule has 0 saturated carbocycles. The monoisotopic (exact) mass is 876 g/mol. The van der Waals surface area contributed by atoms with Gasteiger partial charge in [0, 0.05) is 6.42 Å². The summed E-state index contributed by atoms with van der Waals surface area (Å²) in [4.78, 5) is 13.1. The third-order valence-electron chi connectivity index (χ3n) is 12.2. The van der Waals surface area contributed by atoms with Crippen molar-refractivity contribution in [3.63, 3.8) is 0 Å². The number of amides is 1. The van der Waals surface area contributed by atoms with E-state index >= 15 is 0 Å². The topological polar surface area (TPSA) is 228 Å². The number of ether oxygens (including phenoxy) is 4. The minimum Gasteiger partial charge on any atom is -0.394 e. The smallest absolute Gasteiger partial charge is 0.220 e. The molecule has 9 N–H and O–H groups in total. The molecule has 0 radical (unpaired) electrons. The first kappa shape index (κ1) is 55.9. The van der Waals surface area contributed by atoms with E-state index in [1.165, 1.54) is 122 Å². The van der Waals surface area contributed by atoms with Crippen LogP contribution in [0.15, 0.2) is 12.2 Å². The lowest BCUT2D eigenvalue weighted by Gasteiger charge is -2.46. The zero-order valence-electron chi connectivity index (χ0n) is 37.9. The van der Waals surface area contributed by atoms with Crippen molar-refractivity contribution in [2.75, 3.05) is 19.8 Å². The van der Waals surface area contributed by atoms with Crippen LogP contribution in [-0.2, 0) is 23.7 Å². The molecule has 2 aliphatic rings. The third-order valence-corrected chi connectivity index (χ3v) is 12.2. The molecule has 0 aromatic rings. The van der Waals surface area contributed by atoms with E-state index in [4.69, 9.17) is 18.9 Å². The maximum absolute atomic E-state index is 13.1. The molecular formula is C47H89NO13. The van der Waals surface area contributed by atoms with Gasteiger partial charge in [-0.1, -0.05) is 174 Å². The molecule has 0 unspecified atom stereocenters. The van der Waals surface area contributed by atoms with E-state index in [-0.39, 0.29) is 18.9 Å². The second kappa shape index (κ2) is 35.0. The molecular weight excluding hydrogens is 787 g/mol. The molecule has 2 saturated heterocycles. The summed E-state index contributed by atoms with van der Waals surface area (Å²) in [6.07, 6.45) is 18.2. The summed E-state index contributed by atoms with van der Waals surface area (Å²) in [5.41, 5.74) is 0. The minimum atomic E-state index is -1.78. The molecule has 0 aliphatic carbocycles. The van der Waals surface area contributed by atoms with Crippen molar-refractivity contribution >= 4 is 5.91 Å². The van der Waals surface area contributed by atoms with Crippen molar-refractivity contribution < 1.29 is 64.6 Å². The van der Waals surface area contributed by atoms with E-state index in [0.29, 0.717) is 6.42 Å². The van der Waals surface area contributed by atoms with Gasteiger partial charge < -0.3 is 65.1 Å². The van der Waals surface area contributed by atoms with Gasteiger partial charge in [0.1, 0.15) is 48.8 Å². The van der Waals surface area contributed by atoms with Gasteiger partial charge in [0.15, 0.2) is 12.6 Å². The lowest BCUT2D eigenvalue weighted by molar-refractivity contribution is -0.359. The van der Waals surface area contributed by atoms with Crippen molar-refractivity contribution in [3.8, 4) is 0 Å². The normalized spacial score (nSPS) is 28.0. The number of carbonyl (C=O) groups excluding carboxylic acids is 1. The molecule has 0 bridgehead atoms. The number of rotatable bonds is 37. The van der Waals surface area contributed by atoms with Gasteiger partial charge in [-0.05, 0) is 19.3 Å². The fraction of sp³-hybridized carbons (Fsp3) is 0.936. The van der Waals surface area contributed by atoms with Crippen LogP contribution in [0.1, 0.15) is 187 Å². The Balaban J connectivity index is 1.88. The third kappa shape index (κ3) is 23.0. The van der Waals surface area contributed by atoms with E-state index in [2.05, 4.69) is 19.2 Å². The molecule has 0 spiro atoms. The van der Waals surface area contributed by atoms with Crippen LogP contribution in [0, 0.1) is 0 Å². The lowest BCUT2D eigenvalue weighted by Crippen LogP contribution is -2.65. The number of aliphatic hydroxyl groups excluding tert-OH is 8. The molecule has 2 heterocycles. The number of aliphatic hydroxyl groups is 8. The summed E-state index contributed by atoms with van der Waals surface area (Å²) in [6, 6.07) is -0.906. The Bertz CT molecular complexity index is 1080. The minimum absolute atomic E-state index is 0.239. The quantitative estimate of drug-likeness (QED) is 0.0274. The maximum atomic E-state index is 13.1. The van der Waals surface area contributed by atoms with Crippen molar-refractivity contribution in [2.24, 2.45) is 0 Å². The highest BCUT2D eigenvalue weighted by Crippen LogP contribution is 2.30. The summed E-state index contributed by atoms with van der Waals surface area (Å²) in [5, 5.41) is 86.6. The first-order valence-corrected chi connectivity index (χ1v) is 24.4. The number of allylic oxidation sites excluding steroid dienone is 1. The largest absolute Gasteiger partial charge is 0.394 e.